The molecule has 0 amide bonds. The average Bonchev–Trinajstić information content (AvgIpc) is 3.18. The lowest BCUT2D eigenvalue weighted by Gasteiger charge is -2.35. The minimum absolute atomic E-state index is 0.122. The molecule has 2 aromatic rings. The zero-order valence-corrected chi connectivity index (χ0v) is 17.1. The first-order valence-electron chi connectivity index (χ1n) is 9.94. The van der Waals surface area contributed by atoms with Gasteiger partial charge >= 0.3 is 0 Å². The monoisotopic (exact) mass is 392 g/mol. The van der Waals surface area contributed by atoms with Crippen molar-refractivity contribution in [3.8, 4) is 0 Å². The van der Waals surface area contributed by atoms with Crippen molar-refractivity contribution >= 4 is 17.6 Å². The van der Waals surface area contributed by atoms with Crippen molar-refractivity contribution in [2.75, 3.05) is 13.1 Å². The molecule has 1 saturated heterocycles. The summed E-state index contributed by atoms with van der Waals surface area (Å²) in [5.41, 5.74) is 10.7. The number of thioether (sulfide) groups is 1. The summed E-state index contributed by atoms with van der Waals surface area (Å²) < 4.78 is 0. The third kappa shape index (κ3) is 4.42. The van der Waals surface area contributed by atoms with E-state index < -0.39 is 0 Å². The van der Waals surface area contributed by atoms with Gasteiger partial charge in [0.05, 0.1) is 0 Å². The number of nitrogens with zero attached hydrogens (tertiary/aromatic N) is 1. The number of allylic oxidation sites excluding steroid dienone is 1. The average molecular weight is 393 g/mol. The third-order valence-electron chi connectivity index (χ3n) is 5.70. The van der Waals surface area contributed by atoms with E-state index in [1.54, 1.807) is 0 Å². The smallest absolute Gasteiger partial charge is 0.132 e. The molecule has 0 radical (unpaired) electrons. The van der Waals surface area contributed by atoms with E-state index in [1.807, 2.05) is 23.9 Å². The molecule has 4 N–H and O–H groups in total. The molecule has 0 aromatic heterocycles. The molecule has 146 valence electrons. The molecule has 28 heavy (non-hydrogen) atoms. The topological polar surface area (TPSA) is 65.1 Å². The molecule has 0 spiro atoms. The number of hydrogen-bond donors (Lipinski definition) is 3. The number of nitrogens with two attached hydrogens (primary N) is 1. The Morgan fingerprint density at radius 1 is 1.11 bits per heavy atom. The van der Waals surface area contributed by atoms with Crippen LogP contribution in [-0.2, 0) is 6.42 Å². The summed E-state index contributed by atoms with van der Waals surface area (Å²) in [6, 6.07) is 17.1. The predicted molar refractivity (Wildman–Crippen MR) is 118 cm³/mol. The number of amidine groups is 1. The number of rotatable bonds is 5. The lowest BCUT2D eigenvalue weighted by molar-refractivity contribution is 0.189. The van der Waals surface area contributed by atoms with Crippen LogP contribution in [0, 0.1) is 12.3 Å². The number of piperidine rings is 1. The standard InChI is InChI=1S/C23H28N4S/c1-16-2-6-18(7-3-16)19-10-12-27(13-11-19)23-26-15-21(28-23)14-17-4-8-20(9-5-17)22(24)25/h2-9,15,19,23,26H,10-14H2,1H3,(H3,24,25). The molecule has 0 aliphatic carbocycles. The minimum Gasteiger partial charge on any atom is -0.384 e. The number of nitrogens with one attached hydrogen (secondary N) is 2. The number of aryl methyl sites for hydroxylation is 1. The fraction of sp³-hybridized carbons (Fsp3) is 0.348. The molecule has 1 unspecified atom stereocenters. The van der Waals surface area contributed by atoms with E-state index in [4.69, 9.17) is 11.1 Å². The zero-order valence-electron chi connectivity index (χ0n) is 16.3. The summed E-state index contributed by atoms with van der Waals surface area (Å²) in [5.74, 6) is 0.812. The largest absolute Gasteiger partial charge is 0.384 e. The SMILES string of the molecule is Cc1ccc(C2CCN(C3NC=C(Cc4ccc(C(=N)N)cc4)S3)CC2)cc1. The molecule has 2 heterocycles. The molecule has 0 saturated carbocycles. The van der Waals surface area contributed by atoms with E-state index >= 15 is 0 Å². The van der Waals surface area contributed by atoms with Gasteiger partial charge in [-0.2, -0.15) is 0 Å². The summed E-state index contributed by atoms with van der Waals surface area (Å²) in [5, 5.41) is 11.1. The van der Waals surface area contributed by atoms with Gasteiger partial charge in [-0.15, -0.1) is 0 Å². The second-order valence-electron chi connectivity index (χ2n) is 7.76. The lowest BCUT2D eigenvalue weighted by Crippen LogP contribution is -2.43. The fourth-order valence-corrected chi connectivity index (χ4v) is 5.13. The van der Waals surface area contributed by atoms with Crippen molar-refractivity contribution < 1.29 is 0 Å². The first kappa shape index (κ1) is 19.1. The van der Waals surface area contributed by atoms with Crippen molar-refractivity contribution in [2.24, 2.45) is 5.73 Å². The van der Waals surface area contributed by atoms with E-state index in [1.165, 1.54) is 34.4 Å². The molecule has 1 atom stereocenters. The van der Waals surface area contributed by atoms with Gasteiger partial charge in [-0.1, -0.05) is 65.9 Å². The normalized spacial score (nSPS) is 20.6. The highest BCUT2D eigenvalue weighted by molar-refractivity contribution is 8.03. The highest BCUT2D eigenvalue weighted by atomic mass is 32.2. The Hall–Kier alpha value is -2.24. The van der Waals surface area contributed by atoms with Crippen LogP contribution in [0.5, 0.6) is 0 Å². The van der Waals surface area contributed by atoms with Gasteiger partial charge in [0.1, 0.15) is 11.3 Å². The van der Waals surface area contributed by atoms with Crippen LogP contribution in [0.1, 0.15) is 41.0 Å². The highest BCUT2D eigenvalue weighted by Gasteiger charge is 2.28. The van der Waals surface area contributed by atoms with Crippen molar-refractivity contribution in [3.05, 3.63) is 81.9 Å². The van der Waals surface area contributed by atoms with Crippen LogP contribution >= 0.6 is 11.8 Å². The van der Waals surface area contributed by atoms with Crippen molar-refractivity contribution in [2.45, 2.75) is 37.6 Å². The summed E-state index contributed by atoms with van der Waals surface area (Å²) in [6.07, 6.45) is 5.54. The second kappa shape index (κ2) is 8.41. The van der Waals surface area contributed by atoms with Crippen LogP contribution in [-0.4, -0.2) is 29.3 Å². The maximum absolute atomic E-state index is 7.49. The van der Waals surface area contributed by atoms with Gasteiger partial charge in [0.15, 0.2) is 0 Å². The summed E-state index contributed by atoms with van der Waals surface area (Å²) in [7, 11) is 0. The van der Waals surface area contributed by atoms with Crippen LogP contribution in [0.15, 0.2) is 59.6 Å². The highest BCUT2D eigenvalue weighted by Crippen LogP contribution is 2.35. The van der Waals surface area contributed by atoms with Crippen molar-refractivity contribution in [1.29, 1.82) is 5.41 Å². The molecular weight excluding hydrogens is 364 g/mol. The molecule has 0 bridgehead atoms. The van der Waals surface area contributed by atoms with Crippen LogP contribution in [0.4, 0.5) is 0 Å². The van der Waals surface area contributed by atoms with Crippen LogP contribution in [0.2, 0.25) is 0 Å². The van der Waals surface area contributed by atoms with E-state index in [-0.39, 0.29) is 5.84 Å². The Morgan fingerprint density at radius 2 is 1.79 bits per heavy atom. The summed E-state index contributed by atoms with van der Waals surface area (Å²) in [6.45, 7) is 4.42. The van der Waals surface area contributed by atoms with Gasteiger partial charge in [-0.3, -0.25) is 10.3 Å². The van der Waals surface area contributed by atoms with Gasteiger partial charge in [-0.05, 0) is 36.8 Å². The van der Waals surface area contributed by atoms with Crippen molar-refractivity contribution in [1.82, 2.24) is 10.2 Å². The van der Waals surface area contributed by atoms with Crippen LogP contribution < -0.4 is 11.1 Å². The first-order valence-corrected chi connectivity index (χ1v) is 10.8. The number of likely N-dealkylation sites (tertiary alicyclic amines) is 1. The molecule has 2 aliphatic heterocycles. The molecule has 1 fully saturated rings. The Labute approximate surface area is 171 Å². The maximum Gasteiger partial charge on any atom is 0.132 e. The van der Waals surface area contributed by atoms with E-state index in [0.29, 0.717) is 11.4 Å². The van der Waals surface area contributed by atoms with E-state index in [9.17, 15) is 0 Å². The van der Waals surface area contributed by atoms with Gasteiger partial charge in [0.2, 0.25) is 0 Å². The van der Waals surface area contributed by atoms with Gasteiger partial charge in [0.25, 0.3) is 0 Å². The molecule has 2 aromatic carbocycles. The maximum atomic E-state index is 7.49. The molecule has 4 nitrogen and oxygen atoms in total. The molecule has 5 heteroatoms. The minimum atomic E-state index is 0.122. The third-order valence-corrected chi connectivity index (χ3v) is 6.93. The van der Waals surface area contributed by atoms with Gasteiger partial charge < -0.3 is 11.1 Å². The molecule has 4 rings (SSSR count). The predicted octanol–water partition coefficient (Wildman–Crippen LogP) is 4.16. The molecular formula is C23H28N4S. The van der Waals surface area contributed by atoms with Gasteiger partial charge in [-0.25, -0.2) is 0 Å². The molecule has 2 aliphatic rings. The van der Waals surface area contributed by atoms with Crippen molar-refractivity contribution in [3.63, 3.8) is 0 Å². The Morgan fingerprint density at radius 3 is 2.43 bits per heavy atom. The zero-order chi connectivity index (χ0) is 19.5. The first-order chi connectivity index (χ1) is 13.6. The van der Waals surface area contributed by atoms with E-state index in [2.05, 4.69) is 59.7 Å². The Bertz CT molecular complexity index is 849. The van der Waals surface area contributed by atoms with Gasteiger partial charge in [0, 0.05) is 36.2 Å². The summed E-state index contributed by atoms with van der Waals surface area (Å²) in [4.78, 5) is 3.93. The fourth-order valence-electron chi connectivity index (χ4n) is 3.96. The van der Waals surface area contributed by atoms with Crippen LogP contribution in [0.3, 0.4) is 0 Å². The Balaban J connectivity index is 1.27. The number of nitrogen functional groups attached to an aromatic ring is 1. The number of hydrogen-bond acceptors (Lipinski definition) is 4. The summed E-state index contributed by atoms with van der Waals surface area (Å²) >= 11 is 1.93. The number of benzene rings is 2. The lowest BCUT2D eigenvalue weighted by atomic mass is 9.89. The second-order valence-corrected chi connectivity index (χ2v) is 8.96. The quantitative estimate of drug-likeness (QED) is 0.528. The van der Waals surface area contributed by atoms with E-state index in [0.717, 1.165) is 25.1 Å². The van der Waals surface area contributed by atoms with Crippen LogP contribution in [0.25, 0.3) is 0 Å². The Kier molecular flexibility index (Phi) is 5.74.